The summed E-state index contributed by atoms with van der Waals surface area (Å²) >= 11 is 1.90. The number of aryl methyl sites for hydroxylation is 1. The predicted octanol–water partition coefficient (Wildman–Crippen LogP) is 6.14. The molecule has 1 unspecified atom stereocenters. The third kappa shape index (κ3) is 7.48. The van der Waals surface area contributed by atoms with E-state index in [2.05, 4.69) is 41.6 Å². The molecule has 9 heteroatoms. The van der Waals surface area contributed by atoms with E-state index < -0.39 is 5.97 Å². The van der Waals surface area contributed by atoms with Gasteiger partial charge in [-0.05, 0) is 73.9 Å². The molecule has 2 aromatic carbocycles. The Balaban J connectivity index is 1.54. The Morgan fingerprint density at radius 3 is 2.76 bits per heavy atom. The van der Waals surface area contributed by atoms with Crippen LogP contribution in [0.25, 0.3) is 11.3 Å². The monoisotopic (exact) mass is 574 g/mol. The molecule has 8 nitrogen and oxygen atoms in total. The molecule has 0 bridgehead atoms. The molecule has 1 atom stereocenters. The number of benzene rings is 2. The van der Waals surface area contributed by atoms with Gasteiger partial charge in [-0.25, -0.2) is 9.78 Å². The van der Waals surface area contributed by atoms with E-state index in [1.54, 1.807) is 13.0 Å². The Hall–Kier alpha value is -3.82. The third-order valence-electron chi connectivity index (χ3n) is 7.11. The molecular formula is C32H38N4O4S. The number of hydrogen-bond acceptors (Lipinski definition) is 8. The summed E-state index contributed by atoms with van der Waals surface area (Å²) in [7, 11) is 0. The van der Waals surface area contributed by atoms with Crippen LogP contribution in [0.15, 0.2) is 66.1 Å². The topological polar surface area (TPSA) is 108 Å². The van der Waals surface area contributed by atoms with Crippen molar-refractivity contribution >= 4 is 29.8 Å². The average molecular weight is 575 g/mol. The molecule has 216 valence electrons. The van der Waals surface area contributed by atoms with E-state index >= 15 is 0 Å². The van der Waals surface area contributed by atoms with Crippen molar-refractivity contribution in [2.75, 3.05) is 30.5 Å². The summed E-state index contributed by atoms with van der Waals surface area (Å²) < 4.78 is 11.9. The van der Waals surface area contributed by atoms with Gasteiger partial charge in [0.1, 0.15) is 23.7 Å². The number of thioether (sulfide) groups is 1. The highest BCUT2D eigenvalue weighted by atomic mass is 32.2. The lowest BCUT2D eigenvalue weighted by atomic mass is 9.96. The molecule has 1 aromatic heterocycles. The first-order chi connectivity index (χ1) is 19.8. The second kappa shape index (κ2) is 14.2. The average Bonchev–Trinajstić information content (AvgIpc) is 2.96. The van der Waals surface area contributed by atoms with Crippen LogP contribution in [0.4, 0.5) is 5.82 Å². The SMILES string of the molecule is CCO/C(Nc1cccc(-c2cccc(C)c2OCc2ccc3c(c2)CCN(C(C)CSC)C3)n1)=C(/C=N)C(=O)O. The van der Waals surface area contributed by atoms with Gasteiger partial charge in [0.2, 0.25) is 5.88 Å². The number of para-hydroxylation sites is 1. The number of carbonyl (C=O) groups is 1. The van der Waals surface area contributed by atoms with Crippen LogP contribution in [0.1, 0.15) is 36.1 Å². The van der Waals surface area contributed by atoms with Crippen LogP contribution in [0.2, 0.25) is 0 Å². The van der Waals surface area contributed by atoms with Crippen molar-refractivity contribution in [1.29, 1.82) is 5.41 Å². The normalized spacial score (nSPS) is 14.4. The number of carboxylic acids is 1. The fourth-order valence-electron chi connectivity index (χ4n) is 4.96. The van der Waals surface area contributed by atoms with E-state index in [4.69, 9.17) is 19.9 Å². The largest absolute Gasteiger partial charge is 0.488 e. The highest BCUT2D eigenvalue weighted by Gasteiger charge is 2.21. The molecule has 1 aliphatic rings. The second-order valence-corrected chi connectivity index (χ2v) is 10.9. The predicted molar refractivity (Wildman–Crippen MR) is 166 cm³/mol. The molecule has 2 heterocycles. The van der Waals surface area contributed by atoms with Gasteiger partial charge in [0.25, 0.3) is 0 Å². The molecule has 0 spiro atoms. The van der Waals surface area contributed by atoms with E-state index in [0.717, 1.165) is 53.9 Å². The molecule has 41 heavy (non-hydrogen) atoms. The van der Waals surface area contributed by atoms with Gasteiger partial charge in [0, 0.05) is 36.7 Å². The van der Waals surface area contributed by atoms with Gasteiger partial charge in [-0.2, -0.15) is 11.8 Å². The van der Waals surface area contributed by atoms with Gasteiger partial charge in [-0.15, -0.1) is 0 Å². The summed E-state index contributed by atoms with van der Waals surface area (Å²) in [5.41, 5.74) is 6.13. The number of hydrogen-bond donors (Lipinski definition) is 3. The van der Waals surface area contributed by atoms with Crippen LogP contribution in [0.5, 0.6) is 5.75 Å². The van der Waals surface area contributed by atoms with Crippen molar-refractivity contribution in [3.63, 3.8) is 0 Å². The van der Waals surface area contributed by atoms with Crippen molar-refractivity contribution in [3.05, 3.63) is 88.3 Å². The van der Waals surface area contributed by atoms with Gasteiger partial charge in [0.05, 0.1) is 12.3 Å². The zero-order chi connectivity index (χ0) is 29.4. The number of anilines is 1. The molecule has 0 saturated heterocycles. The summed E-state index contributed by atoms with van der Waals surface area (Å²) in [6, 6.07) is 18.6. The van der Waals surface area contributed by atoms with Crippen LogP contribution in [0, 0.1) is 12.3 Å². The summed E-state index contributed by atoms with van der Waals surface area (Å²) in [4.78, 5) is 18.8. The third-order valence-corrected chi connectivity index (χ3v) is 7.93. The molecule has 0 aliphatic carbocycles. The van der Waals surface area contributed by atoms with Gasteiger partial charge in [-0.3, -0.25) is 4.90 Å². The zero-order valence-electron chi connectivity index (χ0n) is 24.1. The smallest absolute Gasteiger partial charge is 0.342 e. The molecule has 0 radical (unpaired) electrons. The number of nitrogens with one attached hydrogen (secondary N) is 2. The van der Waals surface area contributed by atoms with Crippen molar-refractivity contribution < 1.29 is 19.4 Å². The quantitative estimate of drug-likeness (QED) is 0.127. The number of pyridine rings is 1. The summed E-state index contributed by atoms with van der Waals surface area (Å²) in [5, 5.41) is 19.9. The van der Waals surface area contributed by atoms with Crippen LogP contribution < -0.4 is 10.1 Å². The number of carboxylic acid groups (broad SMARTS) is 1. The van der Waals surface area contributed by atoms with Gasteiger partial charge < -0.3 is 25.3 Å². The number of aromatic nitrogens is 1. The molecular weight excluding hydrogens is 536 g/mol. The Bertz CT molecular complexity index is 1420. The summed E-state index contributed by atoms with van der Waals surface area (Å²) in [6.45, 7) is 8.80. The maximum absolute atomic E-state index is 11.6. The minimum Gasteiger partial charge on any atom is -0.488 e. The molecule has 0 saturated carbocycles. The zero-order valence-corrected chi connectivity index (χ0v) is 24.9. The van der Waals surface area contributed by atoms with Crippen molar-refractivity contribution in [1.82, 2.24) is 9.88 Å². The second-order valence-electron chi connectivity index (χ2n) is 10.0. The van der Waals surface area contributed by atoms with Gasteiger partial charge in [0.15, 0.2) is 0 Å². The molecule has 0 amide bonds. The molecule has 1 aliphatic heterocycles. The lowest BCUT2D eigenvalue weighted by molar-refractivity contribution is -0.132. The van der Waals surface area contributed by atoms with E-state index in [1.807, 2.05) is 49.0 Å². The Morgan fingerprint density at radius 1 is 1.22 bits per heavy atom. The highest BCUT2D eigenvalue weighted by molar-refractivity contribution is 7.98. The number of ether oxygens (including phenoxy) is 2. The Labute approximate surface area is 246 Å². The fraction of sp³-hybridized carbons (Fsp3) is 0.344. The van der Waals surface area contributed by atoms with Crippen molar-refractivity contribution in [2.45, 2.75) is 46.4 Å². The first-order valence-electron chi connectivity index (χ1n) is 13.8. The van der Waals surface area contributed by atoms with E-state index in [0.29, 0.717) is 24.2 Å². The molecule has 3 N–H and O–H groups in total. The van der Waals surface area contributed by atoms with E-state index in [-0.39, 0.29) is 18.1 Å². The van der Waals surface area contributed by atoms with E-state index in [1.165, 1.54) is 11.1 Å². The van der Waals surface area contributed by atoms with Gasteiger partial charge in [-0.1, -0.05) is 36.4 Å². The van der Waals surface area contributed by atoms with Gasteiger partial charge >= 0.3 is 5.97 Å². The Morgan fingerprint density at radius 2 is 2.02 bits per heavy atom. The standard InChI is InChI=1S/C32H38N4O4S/c1-5-39-31(27(17-33)32(37)38)35-29-11-7-10-28(34-29)26-9-6-8-21(2)30(26)40-19-23-12-13-25-18-36(22(3)20-41-4)15-14-24(25)16-23/h6-13,16-17,22,33H,5,14-15,18-20H2,1-4H3,(H,34,35)(H,37,38)/b31-27-,33-17?. The minimum atomic E-state index is -1.26. The number of fused-ring (bicyclic) bond motifs is 1. The first-order valence-corrected chi connectivity index (χ1v) is 15.1. The minimum absolute atomic E-state index is 0.0328. The Kier molecular flexibility index (Phi) is 10.4. The van der Waals surface area contributed by atoms with Crippen LogP contribution in [0.3, 0.4) is 0 Å². The maximum atomic E-state index is 11.6. The highest BCUT2D eigenvalue weighted by Crippen LogP contribution is 2.33. The lowest BCUT2D eigenvalue weighted by Gasteiger charge is -2.33. The summed E-state index contributed by atoms with van der Waals surface area (Å²) in [5.74, 6) is 0.999. The van der Waals surface area contributed by atoms with Crippen LogP contribution in [-0.4, -0.2) is 58.4 Å². The molecule has 3 aromatic rings. The van der Waals surface area contributed by atoms with Crippen molar-refractivity contribution in [2.24, 2.45) is 0 Å². The van der Waals surface area contributed by atoms with E-state index in [9.17, 15) is 9.90 Å². The van der Waals surface area contributed by atoms with Crippen LogP contribution >= 0.6 is 11.8 Å². The molecule has 0 fully saturated rings. The number of rotatable bonds is 13. The lowest BCUT2D eigenvalue weighted by Crippen LogP contribution is -2.38. The number of nitrogens with zero attached hydrogens (tertiary/aromatic N) is 2. The first kappa shape index (κ1) is 30.1. The number of aliphatic carboxylic acids is 1. The molecule has 4 rings (SSSR count). The van der Waals surface area contributed by atoms with Crippen LogP contribution in [-0.2, 0) is 29.1 Å². The fourth-order valence-corrected chi connectivity index (χ4v) is 5.66. The summed E-state index contributed by atoms with van der Waals surface area (Å²) in [6.07, 6.45) is 3.96. The maximum Gasteiger partial charge on any atom is 0.342 e. The van der Waals surface area contributed by atoms with Crippen molar-refractivity contribution in [3.8, 4) is 17.0 Å².